The fourth-order valence-electron chi connectivity index (χ4n) is 3.42. The van der Waals surface area contributed by atoms with Crippen LogP contribution in [-0.4, -0.2) is 35.5 Å². The maximum Gasteiger partial charge on any atom is 0.00981 e. The predicted molar refractivity (Wildman–Crippen MR) is 62.8 cm³/mol. The van der Waals surface area contributed by atoms with E-state index in [0.29, 0.717) is 0 Å². The third-order valence-electron chi connectivity index (χ3n) is 4.47. The molecule has 14 heavy (non-hydrogen) atoms. The third-order valence-corrected chi connectivity index (χ3v) is 6.10. The van der Waals surface area contributed by atoms with Crippen LogP contribution in [0.3, 0.4) is 0 Å². The van der Waals surface area contributed by atoms with Gasteiger partial charge in [-0.15, -0.1) is 0 Å². The minimum Gasteiger partial charge on any atom is -0.300 e. The lowest BCUT2D eigenvalue weighted by Gasteiger charge is -2.38. The number of nitrogens with zero attached hydrogens (tertiary/aromatic N) is 1. The molecule has 0 bridgehead atoms. The van der Waals surface area contributed by atoms with Gasteiger partial charge in [0.25, 0.3) is 0 Å². The van der Waals surface area contributed by atoms with Gasteiger partial charge in [0.2, 0.25) is 0 Å². The van der Waals surface area contributed by atoms with Gasteiger partial charge in [-0.05, 0) is 38.1 Å². The fraction of sp³-hybridized carbons (Fsp3) is 1.00. The first-order chi connectivity index (χ1) is 6.77. The molecular weight excluding hydrogens is 190 g/mol. The van der Waals surface area contributed by atoms with Crippen molar-refractivity contribution in [2.24, 2.45) is 11.3 Å². The van der Waals surface area contributed by atoms with Gasteiger partial charge in [0, 0.05) is 29.5 Å². The molecule has 2 saturated heterocycles. The number of hydrogen-bond donors (Lipinski definition) is 0. The van der Waals surface area contributed by atoms with Gasteiger partial charge in [-0.1, -0.05) is 6.92 Å². The van der Waals surface area contributed by atoms with Crippen molar-refractivity contribution in [3.63, 3.8) is 0 Å². The number of hydrogen-bond acceptors (Lipinski definition) is 2. The molecule has 1 aliphatic carbocycles. The molecular formula is C12H21NS. The van der Waals surface area contributed by atoms with E-state index in [1.54, 1.807) is 0 Å². The first kappa shape index (κ1) is 9.53. The van der Waals surface area contributed by atoms with Crippen LogP contribution in [0.4, 0.5) is 0 Å². The Morgan fingerprint density at radius 3 is 2.64 bits per heavy atom. The topological polar surface area (TPSA) is 3.24 Å². The Balaban J connectivity index is 1.59. The van der Waals surface area contributed by atoms with E-state index in [1.165, 1.54) is 50.3 Å². The smallest absolute Gasteiger partial charge is 0.00981 e. The standard InChI is InChI=1S/C12H21NS/c1-10-2-3-11(6-10)13-5-4-12(7-13)8-14-9-12/h10-11H,2-9H2,1H3. The van der Waals surface area contributed by atoms with Gasteiger partial charge in [0.1, 0.15) is 0 Å². The molecule has 2 unspecified atom stereocenters. The quantitative estimate of drug-likeness (QED) is 0.656. The van der Waals surface area contributed by atoms with Crippen molar-refractivity contribution in [2.75, 3.05) is 24.6 Å². The number of likely N-dealkylation sites (tertiary alicyclic amines) is 1. The molecule has 0 N–H and O–H groups in total. The summed E-state index contributed by atoms with van der Waals surface area (Å²) in [5, 5.41) is 0. The van der Waals surface area contributed by atoms with Crippen LogP contribution in [0.1, 0.15) is 32.6 Å². The summed E-state index contributed by atoms with van der Waals surface area (Å²) in [4.78, 5) is 2.81. The fourth-order valence-corrected chi connectivity index (χ4v) is 4.67. The maximum absolute atomic E-state index is 2.81. The van der Waals surface area contributed by atoms with Crippen molar-refractivity contribution < 1.29 is 0 Å². The van der Waals surface area contributed by atoms with E-state index in [4.69, 9.17) is 0 Å². The molecule has 2 heteroatoms. The Bertz CT molecular complexity index is 224. The van der Waals surface area contributed by atoms with E-state index < -0.39 is 0 Å². The van der Waals surface area contributed by atoms with Crippen LogP contribution < -0.4 is 0 Å². The van der Waals surface area contributed by atoms with Gasteiger partial charge in [0.15, 0.2) is 0 Å². The van der Waals surface area contributed by atoms with Crippen molar-refractivity contribution in [3.8, 4) is 0 Å². The molecule has 0 aromatic rings. The summed E-state index contributed by atoms with van der Waals surface area (Å²) in [6.45, 7) is 5.25. The summed E-state index contributed by atoms with van der Waals surface area (Å²) >= 11 is 2.15. The predicted octanol–water partition coefficient (Wildman–Crippen LogP) is 2.61. The van der Waals surface area contributed by atoms with E-state index in [0.717, 1.165) is 17.4 Å². The van der Waals surface area contributed by atoms with E-state index in [-0.39, 0.29) is 0 Å². The first-order valence-corrected chi connectivity index (χ1v) is 7.25. The lowest BCUT2D eigenvalue weighted by Crippen LogP contribution is -2.40. The highest BCUT2D eigenvalue weighted by atomic mass is 32.2. The largest absolute Gasteiger partial charge is 0.300 e. The summed E-state index contributed by atoms with van der Waals surface area (Å²) in [6.07, 6.45) is 5.92. The Hall–Kier alpha value is 0.310. The lowest BCUT2D eigenvalue weighted by molar-refractivity contribution is 0.216. The van der Waals surface area contributed by atoms with Gasteiger partial charge in [0.05, 0.1) is 0 Å². The van der Waals surface area contributed by atoms with Crippen LogP contribution in [-0.2, 0) is 0 Å². The summed E-state index contributed by atoms with van der Waals surface area (Å²) in [6, 6.07) is 0.954. The van der Waals surface area contributed by atoms with Crippen LogP contribution >= 0.6 is 11.8 Å². The second-order valence-electron chi connectivity index (χ2n) is 5.79. The third kappa shape index (κ3) is 1.51. The molecule has 0 radical (unpaired) electrons. The van der Waals surface area contributed by atoms with Crippen molar-refractivity contribution in [1.29, 1.82) is 0 Å². The van der Waals surface area contributed by atoms with Crippen LogP contribution in [0.15, 0.2) is 0 Å². The molecule has 0 aromatic carbocycles. The van der Waals surface area contributed by atoms with Gasteiger partial charge in [-0.3, -0.25) is 4.90 Å². The molecule has 3 rings (SSSR count). The highest BCUT2D eigenvalue weighted by Gasteiger charge is 2.45. The lowest BCUT2D eigenvalue weighted by atomic mass is 9.91. The zero-order valence-corrected chi connectivity index (χ0v) is 9.98. The summed E-state index contributed by atoms with van der Waals surface area (Å²) < 4.78 is 0. The average Bonchev–Trinajstić information content (AvgIpc) is 2.67. The summed E-state index contributed by atoms with van der Waals surface area (Å²) in [5.41, 5.74) is 0.774. The van der Waals surface area contributed by atoms with E-state index in [2.05, 4.69) is 23.6 Å². The molecule has 1 saturated carbocycles. The second-order valence-corrected chi connectivity index (χ2v) is 6.77. The van der Waals surface area contributed by atoms with E-state index in [1.807, 2.05) is 0 Å². The molecule has 2 atom stereocenters. The highest BCUT2D eigenvalue weighted by Crippen LogP contribution is 2.46. The van der Waals surface area contributed by atoms with E-state index >= 15 is 0 Å². The molecule has 3 aliphatic rings. The SMILES string of the molecule is CC1CCC(N2CCC3(CSC3)C2)C1. The maximum atomic E-state index is 2.81. The molecule has 1 nitrogen and oxygen atoms in total. The molecule has 2 heterocycles. The Labute approximate surface area is 91.6 Å². The minimum absolute atomic E-state index is 0.774. The molecule has 0 aromatic heterocycles. The zero-order valence-electron chi connectivity index (χ0n) is 9.17. The first-order valence-electron chi connectivity index (χ1n) is 6.09. The minimum atomic E-state index is 0.774. The van der Waals surface area contributed by atoms with Gasteiger partial charge < -0.3 is 0 Å². The van der Waals surface area contributed by atoms with Crippen LogP contribution in [0, 0.1) is 11.3 Å². The Morgan fingerprint density at radius 2 is 2.14 bits per heavy atom. The Kier molecular flexibility index (Phi) is 2.32. The van der Waals surface area contributed by atoms with Crippen LogP contribution in [0.2, 0.25) is 0 Å². The monoisotopic (exact) mass is 211 g/mol. The Morgan fingerprint density at radius 1 is 1.29 bits per heavy atom. The van der Waals surface area contributed by atoms with Crippen molar-refractivity contribution >= 4 is 11.8 Å². The molecule has 1 spiro atoms. The highest BCUT2D eigenvalue weighted by molar-refractivity contribution is 8.00. The summed E-state index contributed by atoms with van der Waals surface area (Å²) in [5.74, 6) is 3.89. The molecule has 80 valence electrons. The molecule has 3 fully saturated rings. The molecule has 2 aliphatic heterocycles. The second kappa shape index (κ2) is 3.41. The van der Waals surface area contributed by atoms with Crippen LogP contribution in [0.25, 0.3) is 0 Å². The number of thioether (sulfide) groups is 1. The van der Waals surface area contributed by atoms with Crippen LogP contribution in [0.5, 0.6) is 0 Å². The van der Waals surface area contributed by atoms with Gasteiger partial charge in [-0.2, -0.15) is 11.8 Å². The van der Waals surface area contributed by atoms with Crippen molar-refractivity contribution in [3.05, 3.63) is 0 Å². The summed E-state index contributed by atoms with van der Waals surface area (Å²) in [7, 11) is 0. The van der Waals surface area contributed by atoms with E-state index in [9.17, 15) is 0 Å². The average molecular weight is 211 g/mol. The number of rotatable bonds is 1. The molecule has 0 amide bonds. The van der Waals surface area contributed by atoms with Gasteiger partial charge in [-0.25, -0.2) is 0 Å². The van der Waals surface area contributed by atoms with Gasteiger partial charge >= 0.3 is 0 Å². The van der Waals surface area contributed by atoms with Crippen molar-refractivity contribution in [2.45, 2.75) is 38.6 Å². The zero-order chi connectivity index (χ0) is 9.60. The van der Waals surface area contributed by atoms with Crippen molar-refractivity contribution in [1.82, 2.24) is 4.90 Å². The normalized spacial score (nSPS) is 41.8.